The van der Waals surface area contributed by atoms with Crippen LogP contribution in [0, 0.1) is 17.3 Å². The Morgan fingerprint density at radius 2 is 1.61 bits per heavy atom. The van der Waals surface area contributed by atoms with E-state index in [1.54, 1.807) is 0 Å². The normalized spacial score (nSPS) is 29.1. The van der Waals surface area contributed by atoms with Gasteiger partial charge in [-0.25, -0.2) is 0 Å². The van der Waals surface area contributed by atoms with Crippen LogP contribution in [0.2, 0.25) is 0 Å². The third-order valence-corrected chi connectivity index (χ3v) is 5.75. The van der Waals surface area contributed by atoms with E-state index in [2.05, 4.69) is 5.32 Å². The summed E-state index contributed by atoms with van der Waals surface area (Å²) in [5.74, 6) is -1.34. The molecule has 2 saturated carbocycles. The van der Waals surface area contributed by atoms with Gasteiger partial charge >= 0.3 is 5.97 Å². The minimum atomic E-state index is -0.828. The second kappa shape index (κ2) is 6.49. The summed E-state index contributed by atoms with van der Waals surface area (Å²) in [5.41, 5.74) is -0.751. The average molecular weight is 322 g/mol. The van der Waals surface area contributed by atoms with E-state index in [-0.39, 0.29) is 30.2 Å². The lowest BCUT2D eigenvalue weighted by Crippen LogP contribution is -2.46. The third kappa shape index (κ3) is 3.35. The van der Waals surface area contributed by atoms with Gasteiger partial charge in [0, 0.05) is 31.5 Å². The number of likely N-dealkylation sites (tertiary alicyclic amines) is 1. The van der Waals surface area contributed by atoms with Crippen molar-refractivity contribution >= 4 is 17.8 Å². The van der Waals surface area contributed by atoms with Crippen molar-refractivity contribution in [2.45, 2.75) is 51.4 Å². The highest BCUT2D eigenvalue weighted by atomic mass is 16.4. The number of amides is 2. The highest BCUT2D eigenvalue weighted by Crippen LogP contribution is 2.45. The number of hydrogen-bond acceptors (Lipinski definition) is 3. The van der Waals surface area contributed by atoms with Crippen molar-refractivity contribution in [1.82, 2.24) is 10.2 Å². The van der Waals surface area contributed by atoms with Crippen LogP contribution in [0.3, 0.4) is 0 Å². The smallest absolute Gasteiger partial charge is 0.311 e. The fourth-order valence-corrected chi connectivity index (χ4v) is 3.92. The molecule has 2 unspecified atom stereocenters. The molecule has 0 radical (unpaired) electrons. The van der Waals surface area contributed by atoms with Gasteiger partial charge in [0.05, 0.1) is 5.41 Å². The number of nitrogens with one attached hydrogen (secondary N) is 1. The molecule has 23 heavy (non-hydrogen) atoms. The molecule has 0 spiro atoms. The molecule has 3 rings (SSSR count). The molecule has 6 heteroatoms. The van der Waals surface area contributed by atoms with Gasteiger partial charge in [0.25, 0.3) is 0 Å². The van der Waals surface area contributed by atoms with Gasteiger partial charge in [-0.15, -0.1) is 0 Å². The second-order valence-corrected chi connectivity index (χ2v) is 7.33. The van der Waals surface area contributed by atoms with Crippen LogP contribution in [0.4, 0.5) is 0 Å². The summed E-state index contributed by atoms with van der Waals surface area (Å²) in [4.78, 5) is 38.3. The zero-order valence-corrected chi connectivity index (χ0v) is 13.6. The van der Waals surface area contributed by atoms with E-state index >= 15 is 0 Å². The first kappa shape index (κ1) is 16.3. The Hall–Kier alpha value is -1.59. The van der Waals surface area contributed by atoms with E-state index in [9.17, 15) is 19.5 Å². The molecule has 1 heterocycles. The van der Waals surface area contributed by atoms with Crippen LogP contribution in [0.15, 0.2) is 0 Å². The van der Waals surface area contributed by atoms with E-state index in [0.29, 0.717) is 12.8 Å². The van der Waals surface area contributed by atoms with Gasteiger partial charge in [0.15, 0.2) is 0 Å². The third-order valence-electron chi connectivity index (χ3n) is 5.75. The minimum Gasteiger partial charge on any atom is -0.481 e. The molecule has 2 amide bonds. The first-order chi connectivity index (χ1) is 11.0. The number of carbonyl (C=O) groups excluding carboxylic acids is 2. The number of carboxylic acids is 1. The van der Waals surface area contributed by atoms with Crippen LogP contribution in [0.25, 0.3) is 0 Å². The summed E-state index contributed by atoms with van der Waals surface area (Å²) in [6.45, 7) is 1.82. The molecule has 2 aliphatic carbocycles. The quantitative estimate of drug-likeness (QED) is 0.801. The number of hydrogen-bond donors (Lipinski definition) is 2. The summed E-state index contributed by atoms with van der Waals surface area (Å²) in [6, 6.07) is 0. The van der Waals surface area contributed by atoms with E-state index in [4.69, 9.17) is 0 Å². The average Bonchev–Trinajstić information content (AvgIpc) is 3.17. The Morgan fingerprint density at radius 3 is 2.17 bits per heavy atom. The Labute approximate surface area is 136 Å². The fourth-order valence-electron chi connectivity index (χ4n) is 3.92. The maximum atomic E-state index is 12.7. The van der Waals surface area contributed by atoms with Crippen LogP contribution in [-0.2, 0) is 14.4 Å². The van der Waals surface area contributed by atoms with E-state index in [0.717, 1.165) is 51.6 Å². The lowest BCUT2D eigenvalue weighted by molar-refractivity contribution is -0.145. The Bertz CT molecular complexity index is 495. The molecule has 0 aromatic heterocycles. The van der Waals surface area contributed by atoms with Crippen molar-refractivity contribution < 1.29 is 19.5 Å². The van der Waals surface area contributed by atoms with Crippen LogP contribution in [0.5, 0.6) is 0 Å². The lowest BCUT2D eigenvalue weighted by Gasteiger charge is -2.32. The molecule has 2 N–H and O–H groups in total. The van der Waals surface area contributed by atoms with Gasteiger partial charge in [0.1, 0.15) is 0 Å². The lowest BCUT2D eigenvalue weighted by atomic mass is 9.77. The van der Waals surface area contributed by atoms with Crippen LogP contribution in [0.1, 0.15) is 51.4 Å². The van der Waals surface area contributed by atoms with Crippen LogP contribution in [-0.4, -0.2) is 47.4 Å². The fraction of sp³-hybridized carbons (Fsp3) is 0.824. The standard InChI is InChI=1S/C17H26N2O4/c20-14(18-11-17(7-8-17)16(22)23)12-5-1-2-6-13(12)15(21)19-9-3-4-10-19/h12-13H,1-11H2,(H,18,20)(H,22,23). The van der Waals surface area contributed by atoms with E-state index in [1.165, 1.54) is 0 Å². The number of nitrogens with zero attached hydrogens (tertiary/aromatic N) is 1. The first-order valence-corrected chi connectivity index (χ1v) is 8.83. The number of carbonyl (C=O) groups is 3. The summed E-state index contributed by atoms with van der Waals surface area (Å²) in [7, 11) is 0. The van der Waals surface area contributed by atoms with E-state index < -0.39 is 11.4 Å². The number of aliphatic carboxylic acids is 1. The first-order valence-electron chi connectivity index (χ1n) is 8.83. The van der Waals surface area contributed by atoms with Crippen molar-refractivity contribution in [2.75, 3.05) is 19.6 Å². The maximum Gasteiger partial charge on any atom is 0.311 e. The molecule has 3 fully saturated rings. The van der Waals surface area contributed by atoms with Crippen molar-refractivity contribution in [1.29, 1.82) is 0 Å². The molecule has 6 nitrogen and oxygen atoms in total. The number of carboxylic acid groups (broad SMARTS) is 1. The predicted molar refractivity (Wildman–Crippen MR) is 83.6 cm³/mol. The zero-order chi connectivity index (χ0) is 16.4. The molecule has 128 valence electrons. The Morgan fingerprint density at radius 1 is 1.00 bits per heavy atom. The molecular formula is C17H26N2O4. The van der Waals surface area contributed by atoms with Gasteiger partial charge in [-0.3, -0.25) is 14.4 Å². The van der Waals surface area contributed by atoms with Crippen molar-refractivity contribution in [3.63, 3.8) is 0 Å². The SMILES string of the molecule is O=C(NCC1(C(=O)O)CC1)C1CCCCC1C(=O)N1CCCC1. The summed E-state index contributed by atoms with van der Waals surface area (Å²) >= 11 is 0. The molecule has 0 aromatic rings. The molecule has 0 bridgehead atoms. The Balaban J connectivity index is 1.60. The topological polar surface area (TPSA) is 86.7 Å². The van der Waals surface area contributed by atoms with Gasteiger partial charge in [0.2, 0.25) is 11.8 Å². The molecular weight excluding hydrogens is 296 g/mol. The molecule has 0 aromatic carbocycles. The van der Waals surface area contributed by atoms with Gasteiger partial charge in [-0.05, 0) is 38.5 Å². The van der Waals surface area contributed by atoms with Gasteiger partial charge in [-0.2, -0.15) is 0 Å². The highest BCUT2D eigenvalue weighted by molar-refractivity contribution is 5.88. The molecule has 1 saturated heterocycles. The zero-order valence-electron chi connectivity index (χ0n) is 13.6. The molecule has 2 atom stereocenters. The Kier molecular flexibility index (Phi) is 4.60. The summed E-state index contributed by atoms with van der Waals surface area (Å²) in [5, 5.41) is 12.0. The largest absolute Gasteiger partial charge is 0.481 e. The minimum absolute atomic E-state index is 0.127. The monoisotopic (exact) mass is 322 g/mol. The van der Waals surface area contributed by atoms with Crippen molar-refractivity contribution in [3.8, 4) is 0 Å². The summed E-state index contributed by atoms with van der Waals surface area (Å²) in [6.07, 6.45) is 6.83. The van der Waals surface area contributed by atoms with Crippen LogP contribution < -0.4 is 5.32 Å². The van der Waals surface area contributed by atoms with Crippen LogP contribution >= 0.6 is 0 Å². The maximum absolute atomic E-state index is 12.7. The van der Waals surface area contributed by atoms with Crippen molar-refractivity contribution in [3.05, 3.63) is 0 Å². The molecule has 3 aliphatic rings. The molecule has 1 aliphatic heterocycles. The second-order valence-electron chi connectivity index (χ2n) is 7.33. The van der Waals surface area contributed by atoms with E-state index in [1.807, 2.05) is 4.90 Å². The number of rotatable bonds is 5. The van der Waals surface area contributed by atoms with Gasteiger partial charge < -0.3 is 15.3 Å². The predicted octanol–water partition coefficient (Wildman–Crippen LogP) is 1.40. The van der Waals surface area contributed by atoms with Gasteiger partial charge in [-0.1, -0.05) is 12.8 Å². The summed E-state index contributed by atoms with van der Waals surface area (Å²) < 4.78 is 0. The highest BCUT2D eigenvalue weighted by Gasteiger charge is 2.50. The van der Waals surface area contributed by atoms with Crippen molar-refractivity contribution in [2.24, 2.45) is 17.3 Å².